The highest BCUT2D eigenvalue weighted by molar-refractivity contribution is 6.11. The van der Waals surface area contributed by atoms with E-state index in [1.807, 2.05) is 30.3 Å². The maximum absolute atomic E-state index is 9.02. The van der Waals surface area contributed by atoms with Crippen LogP contribution in [-0.4, -0.2) is 13.0 Å². The largest absolute Gasteiger partial charge is 0.398 e. The summed E-state index contributed by atoms with van der Waals surface area (Å²) >= 11 is 0. The van der Waals surface area contributed by atoms with Crippen molar-refractivity contribution in [2.24, 2.45) is 0 Å². The molecule has 1 nitrogen and oxygen atoms in total. The van der Waals surface area contributed by atoms with Crippen LogP contribution >= 0.6 is 0 Å². The van der Waals surface area contributed by atoms with Gasteiger partial charge in [-0.1, -0.05) is 30.3 Å². The van der Waals surface area contributed by atoms with Gasteiger partial charge >= 0.3 is 0 Å². The molecule has 1 unspecified atom stereocenters. The van der Waals surface area contributed by atoms with Crippen LogP contribution in [0.25, 0.3) is 0 Å². The maximum Gasteiger partial charge on any atom is 0.144 e. The highest BCUT2D eigenvalue weighted by atomic mass is 16.3. The van der Waals surface area contributed by atoms with E-state index in [1.165, 1.54) is 0 Å². The lowest BCUT2D eigenvalue weighted by atomic mass is 9.93. The average molecular weight is 120 g/mol. The summed E-state index contributed by atoms with van der Waals surface area (Å²) in [5, 5.41) is 9.02. The molecule has 2 heteroatoms. The molecule has 9 heavy (non-hydrogen) atoms. The van der Waals surface area contributed by atoms with Gasteiger partial charge in [0.1, 0.15) is 7.85 Å². The Labute approximate surface area is 55.7 Å². The minimum absolute atomic E-state index is 0.341. The first-order valence-corrected chi connectivity index (χ1v) is 3.03. The molecular formula is C7H9BO. The fourth-order valence-corrected chi connectivity index (χ4v) is 0.732. The number of benzene rings is 1. The summed E-state index contributed by atoms with van der Waals surface area (Å²) in [5.41, 5.74) is 0.970. The second-order valence-electron chi connectivity index (χ2n) is 2.09. The van der Waals surface area contributed by atoms with Gasteiger partial charge in [-0.15, -0.1) is 0 Å². The molecule has 0 aliphatic rings. The smallest absolute Gasteiger partial charge is 0.144 e. The Morgan fingerprint density at radius 3 is 2.11 bits per heavy atom. The molecule has 0 radical (unpaired) electrons. The van der Waals surface area contributed by atoms with E-state index in [0.29, 0.717) is 0 Å². The van der Waals surface area contributed by atoms with Gasteiger partial charge in [0.15, 0.2) is 0 Å². The quantitative estimate of drug-likeness (QED) is 0.528. The first-order valence-electron chi connectivity index (χ1n) is 3.03. The van der Waals surface area contributed by atoms with Gasteiger partial charge in [0, 0.05) is 6.00 Å². The van der Waals surface area contributed by atoms with Crippen molar-refractivity contribution in [2.45, 2.75) is 6.00 Å². The van der Waals surface area contributed by atoms with E-state index in [-0.39, 0.29) is 6.00 Å². The van der Waals surface area contributed by atoms with E-state index < -0.39 is 0 Å². The minimum atomic E-state index is -0.341. The molecule has 0 fully saturated rings. The predicted octanol–water partition coefficient (Wildman–Crippen LogP) is 0.311. The molecule has 0 saturated carbocycles. The zero-order valence-electron chi connectivity index (χ0n) is 5.41. The summed E-state index contributed by atoms with van der Waals surface area (Å²) in [6.07, 6.45) is 0. The zero-order chi connectivity index (χ0) is 6.69. The Morgan fingerprint density at radius 1 is 1.22 bits per heavy atom. The standard InChI is InChI=1S/C7H9BO/c8-7(9)6-4-2-1-3-5-6/h1-5,7,9H,8H2. The molecule has 1 atom stereocenters. The van der Waals surface area contributed by atoms with Gasteiger partial charge in [0.2, 0.25) is 0 Å². The molecule has 0 amide bonds. The van der Waals surface area contributed by atoms with Gasteiger partial charge in [0.05, 0.1) is 0 Å². The molecule has 0 aliphatic carbocycles. The Bertz CT molecular complexity index is 172. The molecule has 0 spiro atoms. The topological polar surface area (TPSA) is 20.2 Å². The molecular weight excluding hydrogens is 111 g/mol. The van der Waals surface area contributed by atoms with Crippen LogP contribution in [-0.2, 0) is 0 Å². The van der Waals surface area contributed by atoms with Crippen molar-refractivity contribution in [3.8, 4) is 0 Å². The highest BCUT2D eigenvalue weighted by Gasteiger charge is 1.95. The second kappa shape index (κ2) is 2.69. The summed E-state index contributed by atoms with van der Waals surface area (Å²) in [6.45, 7) is 0. The molecule has 0 aliphatic heterocycles. The average Bonchev–Trinajstić information content (AvgIpc) is 1.90. The van der Waals surface area contributed by atoms with E-state index in [0.717, 1.165) is 5.56 Å². The van der Waals surface area contributed by atoms with Crippen molar-refractivity contribution in [3.05, 3.63) is 35.9 Å². The summed E-state index contributed by atoms with van der Waals surface area (Å²) in [7, 11) is 1.76. The monoisotopic (exact) mass is 120 g/mol. The van der Waals surface area contributed by atoms with Crippen LogP contribution in [0.2, 0.25) is 0 Å². The second-order valence-corrected chi connectivity index (χ2v) is 2.09. The molecule has 0 aromatic heterocycles. The lowest BCUT2D eigenvalue weighted by Gasteiger charge is -2.00. The van der Waals surface area contributed by atoms with Gasteiger partial charge in [-0.2, -0.15) is 0 Å². The number of rotatable bonds is 1. The van der Waals surface area contributed by atoms with Crippen molar-refractivity contribution in [3.63, 3.8) is 0 Å². The van der Waals surface area contributed by atoms with Gasteiger partial charge in [0.25, 0.3) is 0 Å². The molecule has 1 aromatic carbocycles. The summed E-state index contributed by atoms with van der Waals surface area (Å²) in [5.74, 6) is 0. The maximum atomic E-state index is 9.02. The molecule has 46 valence electrons. The first-order chi connectivity index (χ1) is 4.30. The Kier molecular flexibility index (Phi) is 1.90. The normalized spacial score (nSPS) is 13.0. The molecule has 0 saturated heterocycles. The van der Waals surface area contributed by atoms with Gasteiger partial charge in [-0.05, 0) is 5.56 Å². The lowest BCUT2D eigenvalue weighted by Crippen LogP contribution is -1.93. The van der Waals surface area contributed by atoms with Crippen LogP contribution in [0.1, 0.15) is 11.6 Å². The summed E-state index contributed by atoms with van der Waals surface area (Å²) in [6, 6.07) is 9.25. The first kappa shape index (κ1) is 6.37. The highest BCUT2D eigenvalue weighted by Crippen LogP contribution is 2.06. The molecule has 0 bridgehead atoms. The molecule has 1 aromatic rings. The van der Waals surface area contributed by atoms with E-state index in [2.05, 4.69) is 0 Å². The van der Waals surface area contributed by atoms with Crippen LogP contribution in [0.3, 0.4) is 0 Å². The van der Waals surface area contributed by atoms with Crippen molar-refractivity contribution < 1.29 is 5.11 Å². The number of aliphatic hydroxyl groups is 1. The van der Waals surface area contributed by atoms with Crippen molar-refractivity contribution >= 4 is 7.85 Å². The number of aliphatic hydroxyl groups excluding tert-OH is 1. The number of hydrogen-bond donors (Lipinski definition) is 1. The molecule has 1 rings (SSSR count). The van der Waals surface area contributed by atoms with Crippen molar-refractivity contribution in [1.29, 1.82) is 0 Å². The Balaban J connectivity index is 2.85. The Hall–Kier alpha value is -0.755. The number of hydrogen-bond acceptors (Lipinski definition) is 1. The molecule has 0 heterocycles. The molecule has 1 N–H and O–H groups in total. The van der Waals surface area contributed by atoms with Gasteiger partial charge in [-0.3, -0.25) is 0 Å². The summed E-state index contributed by atoms with van der Waals surface area (Å²) in [4.78, 5) is 0. The Morgan fingerprint density at radius 2 is 1.78 bits per heavy atom. The third kappa shape index (κ3) is 1.58. The van der Waals surface area contributed by atoms with E-state index >= 15 is 0 Å². The van der Waals surface area contributed by atoms with E-state index in [1.54, 1.807) is 7.85 Å². The SMILES string of the molecule is BC(O)c1ccccc1. The van der Waals surface area contributed by atoms with Gasteiger partial charge < -0.3 is 5.11 Å². The van der Waals surface area contributed by atoms with Crippen LogP contribution in [0, 0.1) is 0 Å². The van der Waals surface area contributed by atoms with Gasteiger partial charge in [-0.25, -0.2) is 0 Å². The minimum Gasteiger partial charge on any atom is -0.398 e. The fourth-order valence-electron chi connectivity index (χ4n) is 0.732. The lowest BCUT2D eigenvalue weighted by molar-refractivity contribution is 0.262. The van der Waals surface area contributed by atoms with Crippen LogP contribution < -0.4 is 0 Å². The fraction of sp³-hybridized carbons (Fsp3) is 0.143. The third-order valence-electron chi connectivity index (χ3n) is 1.28. The van der Waals surface area contributed by atoms with Crippen LogP contribution in [0.4, 0.5) is 0 Å². The van der Waals surface area contributed by atoms with Crippen LogP contribution in [0.15, 0.2) is 30.3 Å². The van der Waals surface area contributed by atoms with E-state index in [4.69, 9.17) is 5.11 Å². The zero-order valence-corrected chi connectivity index (χ0v) is 5.41. The van der Waals surface area contributed by atoms with Crippen LogP contribution in [0.5, 0.6) is 0 Å². The van der Waals surface area contributed by atoms with E-state index in [9.17, 15) is 0 Å². The third-order valence-corrected chi connectivity index (χ3v) is 1.28. The predicted molar refractivity (Wildman–Crippen MR) is 39.9 cm³/mol. The van der Waals surface area contributed by atoms with Crippen molar-refractivity contribution in [1.82, 2.24) is 0 Å². The van der Waals surface area contributed by atoms with Crippen molar-refractivity contribution in [2.75, 3.05) is 0 Å². The summed E-state index contributed by atoms with van der Waals surface area (Å²) < 4.78 is 0.